The molecule has 0 saturated carbocycles. The van der Waals surface area contributed by atoms with E-state index in [1.54, 1.807) is 30.3 Å². The monoisotopic (exact) mass is 682 g/mol. The standard InChI is InChI=1S/C38H42N4O6S/c1-26-35(24-41-21-19-31(20-22-41)42-34-10-6-5-9-33(34)40-38(42)44)47-37(48-36(26)29-15-13-28(25-43)14-16-29)30-17-11-27(12-18-30)23-39-49(45,46)32-7-3-2-4-8-32/h2-18,26,31,35-37,39,43H,19-25H2,1H3,(H,40,44)/t26-,35+,36+,37?/m0/s1. The number of aliphatic hydroxyl groups excluding tert-OH is 1. The number of likely N-dealkylation sites (tertiary alicyclic amines) is 1. The van der Waals surface area contributed by atoms with Crippen molar-refractivity contribution in [2.45, 2.75) is 62.4 Å². The summed E-state index contributed by atoms with van der Waals surface area (Å²) >= 11 is 0. The fraction of sp³-hybridized carbons (Fsp3) is 0.342. The van der Waals surface area contributed by atoms with Crippen LogP contribution in [-0.2, 0) is 32.6 Å². The largest absolute Gasteiger partial charge is 0.392 e. The summed E-state index contributed by atoms with van der Waals surface area (Å²) in [5, 5.41) is 9.60. The van der Waals surface area contributed by atoms with E-state index in [4.69, 9.17) is 9.47 Å². The van der Waals surface area contributed by atoms with Crippen LogP contribution in [0.5, 0.6) is 0 Å². The van der Waals surface area contributed by atoms with Gasteiger partial charge in [0.25, 0.3) is 0 Å². The first-order valence-electron chi connectivity index (χ1n) is 16.8. The number of aliphatic hydroxyl groups is 1. The average Bonchev–Trinajstić information content (AvgIpc) is 3.48. The third-order valence-electron chi connectivity index (χ3n) is 9.88. The number of ether oxygens (including phenoxy) is 2. The van der Waals surface area contributed by atoms with Crippen molar-refractivity contribution in [2.24, 2.45) is 5.92 Å². The lowest BCUT2D eigenvalue weighted by molar-refractivity contribution is -0.276. The van der Waals surface area contributed by atoms with Crippen molar-refractivity contribution in [1.29, 1.82) is 0 Å². The number of hydrogen-bond donors (Lipinski definition) is 3. The highest BCUT2D eigenvalue weighted by Gasteiger charge is 2.39. The number of piperidine rings is 1. The van der Waals surface area contributed by atoms with E-state index in [0.29, 0.717) is 0 Å². The van der Waals surface area contributed by atoms with Gasteiger partial charge in [-0.05, 0) is 53.8 Å². The number of hydrogen-bond acceptors (Lipinski definition) is 7. The third kappa shape index (κ3) is 7.28. The molecule has 0 radical (unpaired) electrons. The highest BCUT2D eigenvalue weighted by atomic mass is 32.2. The fourth-order valence-electron chi connectivity index (χ4n) is 7.03. The molecule has 2 saturated heterocycles. The van der Waals surface area contributed by atoms with Crippen LogP contribution >= 0.6 is 0 Å². The minimum atomic E-state index is -3.63. The van der Waals surface area contributed by atoms with Gasteiger partial charge in [-0.1, -0.05) is 85.8 Å². The number of aromatic nitrogens is 2. The molecule has 5 aromatic rings. The van der Waals surface area contributed by atoms with Crippen LogP contribution in [0.2, 0.25) is 0 Å². The summed E-state index contributed by atoms with van der Waals surface area (Å²) < 4.78 is 43.4. The van der Waals surface area contributed by atoms with Gasteiger partial charge in [0.05, 0.1) is 34.7 Å². The molecule has 256 valence electrons. The molecule has 0 bridgehead atoms. The van der Waals surface area contributed by atoms with Crippen molar-refractivity contribution in [3.8, 4) is 0 Å². The summed E-state index contributed by atoms with van der Waals surface area (Å²) in [6, 6.07) is 31.8. The van der Waals surface area contributed by atoms with Crippen LogP contribution in [0.3, 0.4) is 0 Å². The van der Waals surface area contributed by atoms with Crippen LogP contribution in [0.25, 0.3) is 11.0 Å². The number of H-pyrrole nitrogens is 1. The van der Waals surface area contributed by atoms with E-state index < -0.39 is 16.3 Å². The predicted octanol–water partition coefficient (Wildman–Crippen LogP) is 5.43. The van der Waals surface area contributed by atoms with Crippen molar-refractivity contribution in [1.82, 2.24) is 19.2 Å². The molecular weight excluding hydrogens is 641 g/mol. The molecule has 49 heavy (non-hydrogen) atoms. The Hall–Kier alpha value is -4.10. The van der Waals surface area contributed by atoms with E-state index in [-0.39, 0.29) is 47.9 Å². The third-order valence-corrected chi connectivity index (χ3v) is 11.3. The van der Waals surface area contributed by atoms with Gasteiger partial charge < -0.3 is 24.5 Å². The molecule has 3 N–H and O–H groups in total. The molecule has 2 fully saturated rings. The molecule has 4 atom stereocenters. The molecule has 1 aromatic heterocycles. The van der Waals surface area contributed by atoms with Crippen molar-refractivity contribution in [2.75, 3.05) is 19.6 Å². The fourth-order valence-corrected chi connectivity index (χ4v) is 8.07. The Labute approximate surface area is 286 Å². The topological polar surface area (TPSA) is 126 Å². The average molecular weight is 683 g/mol. The molecule has 0 aliphatic carbocycles. The number of nitrogens with one attached hydrogen (secondary N) is 2. The minimum Gasteiger partial charge on any atom is -0.392 e. The summed E-state index contributed by atoms with van der Waals surface area (Å²) in [6.45, 7) is 4.71. The number of benzene rings is 4. The number of aromatic amines is 1. The molecule has 0 amide bonds. The van der Waals surface area contributed by atoms with Gasteiger partial charge in [0.2, 0.25) is 10.0 Å². The number of rotatable bonds is 10. The van der Waals surface area contributed by atoms with Gasteiger partial charge in [0, 0.05) is 43.7 Å². The zero-order valence-corrected chi connectivity index (χ0v) is 28.3. The van der Waals surface area contributed by atoms with E-state index in [0.717, 1.165) is 65.8 Å². The van der Waals surface area contributed by atoms with Gasteiger partial charge in [-0.15, -0.1) is 0 Å². The van der Waals surface area contributed by atoms with Gasteiger partial charge >= 0.3 is 5.69 Å². The predicted molar refractivity (Wildman–Crippen MR) is 187 cm³/mol. The van der Waals surface area contributed by atoms with Gasteiger partial charge in [-0.2, -0.15) is 0 Å². The highest BCUT2D eigenvalue weighted by Crippen LogP contribution is 2.42. The summed E-state index contributed by atoms with van der Waals surface area (Å²) in [5.74, 6) is 0.0388. The summed E-state index contributed by atoms with van der Waals surface area (Å²) in [7, 11) is -3.63. The first-order valence-corrected chi connectivity index (χ1v) is 18.3. The molecule has 2 aliphatic heterocycles. The Morgan fingerprint density at radius 3 is 2.20 bits per heavy atom. The van der Waals surface area contributed by atoms with Gasteiger partial charge in [0.1, 0.15) is 0 Å². The first kappa shape index (κ1) is 33.4. The maximum atomic E-state index is 12.8. The summed E-state index contributed by atoms with van der Waals surface area (Å²) in [6.07, 6.45) is 0.734. The van der Waals surface area contributed by atoms with Crippen molar-refractivity contribution in [3.63, 3.8) is 0 Å². The van der Waals surface area contributed by atoms with Crippen LogP contribution in [0.15, 0.2) is 113 Å². The van der Waals surface area contributed by atoms with Crippen LogP contribution in [0.1, 0.15) is 60.5 Å². The van der Waals surface area contributed by atoms with Crippen molar-refractivity contribution < 1.29 is 23.0 Å². The van der Waals surface area contributed by atoms with Gasteiger partial charge in [-0.3, -0.25) is 4.57 Å². The zero-order chi connectivity index (χ0) is 34.0. The number of para-hydroxylation sites is 2. The molecule has 4 aromatic carbocycles. The molecule has 0 spiro atoms. The van der Waals surface area contributed by atoms with Gasteiger partial charge in [0.15, 0.2) is 6.29 Å². The summed E-state index contributed by atoms with van der Waals surface area (Å²) in [5.41, 5.74) is 5.28. The lowest BCUT2D eigenvalue weighted by Crippen LogP contribution is -2.47. The first-order chi connectivity index (χ1) is 23.8. The number of nitrogens with zero attached hydrogens (tertiary/aromatic N) is 2. The highest BCUT2D eigenvalue weighted by molar-refractivity contribution is 7.89. The lowest BCUT2D eigenvalue weighted by Gasteiger charge is -2.44. The SMILES string of the molecule is C[C@H]1[C@@H](CN2CCC(n3c(=O)[nH]c4ccccc43)CC2)OC(c2ccc(CNS(=O)(=O)c3ccccc3)cc2)O[C@H]1c1ccc(CO)cc1. The molecular formula is C38H42N4O6S. The molecule has 7 rings (SSSR count). The normalized spacial score (nSPS) is 22.4. The second-order valence-electron chi connectivity index (χ2n) is 13.1. The molecule has 10 nitrogen and oxygen atoms in total. The van der Waals surface area contributed by atoms with E-state index in [9.17, 15) is 18.3 Å². The molecule has 2 aliphatic rings. The number of sulfonamides is 1. The van der Waals surface area contributed by atoms with E-state index >= 15 is 0 Å². The zero-order valence-electron chi connectivity index (χ0n) is 27.4. The minimum absolute atomic E-state index is 0.0236. The Balaban J connectivity index is 1.05. The second-order valence-corrected chi connectivity index (χ2v) is 14.8. The van der Waals surface area contributed by atoms with E-state index in [1.807, 2.05) is 77.4 Å². The maximum absolute atomic E-state index is 12.8. The van der Waals surface area contributed by atoms with Gasteiger partial charge in [-0.25, -0.2) is 17.9 Å². The number of imidazole rings is 1. The smallest absolute Gasteiger partial charge is 0.326 e. The maximum Gasteiger partial charge on any atom is 0.326 e. The Bertz CT molecular complexity index is 2020. The second kappa shape index (κ2) is 14.4. The molecule has 1 unspecified atom stereocenters. The molecule has 11 heteroatoms. The van der Waals surface area contributed by atoms with E-state index in [1.165, 1.54) is 0 Å². The summed E-state index contributed by atoms with van der Waals surface area (Å²) in [4.78, 5) is 18.5. The lowest BCUT2D eigenvalue weighted by atomic mass is 9.89. The van der Waals surface area contributed by atoms with Crippen LogP contribution in [-0.4, -0.2) is 53.7 Å². The van der Waals surface area contributed by atoms with Crippen LogP contribution in [0.4, 0.5) is 0 Å². The van der Waals surface area contributed by atoms with Crippen LogP contribution in [0, 0.1) is 5.92 Å². The van der Waals surface area contributed by atoms with E-state index in [2.05, 4.69) is 21.5 Å². The van der Waals surface area contributed by atoms with Crippen molar-refractivity contribution in [3.05, 3.63) is 136 Å². The number of fused-ring (bicyclic) bond motifs is 1. The van der Waals surface area contributed by atoms with Crippen molar-refractivity contribution >= 4 is 21.1 Å². The Morgan fingerprint density at radius 1 is 0.837 bits per heavy atom. The van der Waals surface area contributed by atoms with Crippen LogP contribution < -0.4 is 10.4 Å². The Morgan fingerprint density at radius 2 is 1.49 bits per heavy atom. The molecule has 3 heterocycles. The Kier molecular flexibility index (Phi) is 9.82. The quantitative estimate of drug-likeness (QED) is 0.180.